The lowest BCUT2D eigenvalue weighted by Gasteiger charge is -2.32. The predicted molar refractivity (Wildman–Crippen MR) is 91.5 cm³/mol. The number of nitrogens with zero attached hydrogens (tertiary/aromatic N) is 1. The summed E-state index contributed by atoms with van der Waals surface area (Å²) >= 11 is 5.32. The summed E-state index contributed by atoms with van der Waals surface area (Å²) in [4.78, 5) is 15.7. The minimum atomic E-state index is -0.118. The third-order valence-corrected chi connectivity index (χ3v) is 4.36. The second kappa shape index (κ2) is 6.68. The maximum Gasteiger partial charge on any atom is 0.270 e. The molecule has 1 amide bonds. The molecule has 1 unspecified atom stereocenters. The number of ether oxygens (including phenoxy) is 1. The van der Waals surface area contributed by atoms with E-state index in [1.54, 1.807) is 10.8 Å². The highest BCUT2D eigenvalue weighted by atomic mass is 32.1. The number of imidazole rings is 1. The largest absolute Gasteiger partial charge is 0.375 e. The minimum Gasteiger partial charge on any atom is -0.375 e. The van der Waals surface area contributed by atoms with Gasteiger partial charge in [0.1, 0.15) is 5.69 Å². The number of aromatic nitrogens is 2. The van der Waals surface area contributed by atoms with Crippen LogP contribution < -0.4 is 5.32 Å². The average molecular weight is 331 g/mol. The van der Waals surface area contributed by atoms with Crippen molar-refractivity contribution < 1.29 is 9.53 Å². The summed E-state index contributed by atoms with van der Waals surface area (Å²) < 4.78 is 7.99. The molecular weight excluding hydrogens is 310 g/mol. The van der Waals surface area contributed by atoms with Gasteiger partial charge in [-0.2, -0.15) is 0 Å². The van der Waals surface area contributed by atoms with Crippen LogP contribution in [0.2, 0.25) is 0 Å². The van der Waals surface area contributed by atoms with Gasteiger partial charge in [-0.15, -0.1) is 0 Å². The highest BCUT2D eigenvalue weighted by Crippen LogP contribution is 2.20. The molecule has 5 nitrogen and oxygen atoms in total. The second-order valence-electron chi connectivity index (χ2n) is 6.05. The summed E-state index contributed by atoms with van der Waals surface area (Å²) in [5.41, 5.74) is 1.39. The van der Waals surface area contributed by atoms with Gasteiger partial charge in [-0.3, -0.25) is 9.36 Å². The van der Waals surface area contributed by atoms with E-state index in [9.17, 15) is 4.79 Å². The van der Waals surface area contributed by atoms with Crippen LogP contribution in [0.25, 0.3) is 5.69 Å². The van der Waals surface area contributed by atoms with Gasteiger partial charge in [0.25, 0.3) is 5.91 Å². The molecule has 2 aromatic rings. The van der Waals surface area contributed by atoms with Crippen molar-refractivity contribution >= 4 is 18.1 Å². The van der Waals surface area contributed by atoms with Crippen molar-refractivity contribution in [1.29, 1.82) is 0 Å². The van der Waals surface area contributed by atoms with E-state index in [-0.39, 0.29) is 24.2 Å². The molecule has 3 rings (SSSR count). The molecule has 1 saturated heterocycles. The summed E-state index contributed by atoms with van der Waals surface area (Å²) in [7, 11) is 0. The van der Waals surface area contributed by atoms with E-state index >= 15 is 0 Å². The van der Waals surface area contributed by atoms with Crippen LogP contribution in [0, 0.1) is 4.77 Å². The fourth-order valence-electron chi connectivity index (χ4n) is 3.15. The predicted octanol–water partition coefficient (Wildman–Crippen LogP) is 3.22. The van der Waals surface area contributed by atoms with Gasteiger partial charge in [-0.05, 0) is 51.0 Å². The van der Waals surface area contributed by atoms with Gasteiger partial charge in [0.05, 0.1) is 12.2 Å². The lowest BCUT2D eigenvalue weighted by atomic mass is 10.00. The maximum atomic E-state index is 12.7. The Kier molecular flexibility index (Phi) is 4.63. The van der Waals surface area contributed by atoms with Crippen molar-refractivity contribution in [2.45, 2.75) is 44.9 Å². The maximum absolute atomic E-state index is 12.7. The minimum absolute atomic E-state index is 0.118. The Bertz CT molecular complexity index is 728. The number of hydrogen-bond acceptors (Lipinski definition) is 3. The van der Waals surface area contributed by atoms with Crippen molar-refractivity contribution in [2.75, 3.05) is 0 Å². The van der Waals surface area contributed by atoms with E-state index in [0.717, 1.165) is 18.5 Å². The first-order valence-corrected chi connectivity index (χ1v) is 8.27. The highest BCUT2D eigenvalue weighted by Gasteiger charge is 2.26. The van der Waals surface area contributed by atoms with Crippen LogP contribution in [0.5, 0.6) is 0 Å². The number of benzene rings is 1. The third-order valence-electron chi connectivity index (χ3n) is 4.06. The molecule has 0 radical (unpaired) electrons. The average Bonchev–Trinajstić information content (AvgIpc) is 2.89. The number of aromatic amines is 1. The summed E-state index contributed by atoms with van der Waals surface area (Å²) in [6.45, 7) is 4.08. The number of hydrogen-bond donors (Lipinski definition) is 2. The number of para-hydroxylation sites is 1. The van der Waals surface area contributed by atoms with E-state index in [0.29, 0.717) is 10.5 Å². The Hall–Kier alpha value is -1.92. The Morgan fingerprint density at radius 1 is 1.26 bits per heavy atom. The van der Waals surface area contributed by atoms with Crippen molar-refractivity contribution in [1.82, 2.24) is 14.9 Å². The lowest BCUT2D eigenvalue weighted by Crippen LogP contribution is -2.44. The fraction of sp³-hybridized carbons (Fsp3) is 0.412. The molecule has 0 saturated carbocycles. The Morgan fingerprint density at radius 2 is 1.91 bits per heavy atom. The molecule has 23 heavy (non-hydrogen) atoms. The fourth-order valence-corrected chi connectivity index (χ4v) is 3.41. The van der Waals surface area contributed by atoms with Gasteiger partial charge >= 0.3 is 0 Å². The monoisotopic (exact) mass is 331 g/mol. The molecule has 1 aliphatic rings. The summed E-state index contributed by atoms with van der Waals surface area (Å²) in [5.74, 6) is -0.118. The van der Waals surface area contributed by atoms with Gasteiger partial charge in [-0.25, -0.2) is 0 Å². The standard InChI is InChI=1S/C17H21N3O2S/c1-11-8-13(9-12(2)22-11)19-16(21)15-10-18-17(23)20(15)14-6-4-3-5-7-14/h3-7,10-13H,8-9H2,1-2H3,(H,18,23)(H,19,21)/t11-,12+,13?. The number of H-pyrrole nitrogens is 1. The molecule has 3 atom stereocenters. The van der Waals surface area contributed by atoms with Crippen molar-refractivity contribution in [3.05, 3.63) is 47.0 Å². The molecule has 122 valence electrons. The summed E-state index contributed by atoms with van der Waals surface area (Å²) in [6.07, 6.45) is 3.63. The smallest absolute Gasteiger partial charge is 0.270 e. The molecule has 2 N–H and O–H groups in total. The van der Waals surface area contributed by atoms with Crippen LogP contribution in [0.15, 0.2) is 36.5 Å². The second-order valence-corrected chi connectivity index (χ2v) is 6.44. The number of carbonyl (C=O) groups excluding carboxylic acids is 1. The molecular formula is C17H21N3O2S. The number of rotatable bonds is 3. The zero-order valence-corrected chi connectivity index (χ0v) is 14.1. The summed E-state index contributed by atoms with van der Waals surface area (Å²) in [5, 5.41) is 3.11. The number of nitrogens with one attached hydrogen (secondary N) is 2. The van der Waals surface area contributed by atoms with Crippen LogP contribution in [0.3, 0.4) is 0 Å². The van der Waals surface area contributed by atoms with Gasteiger partial charge < -0.3 is 15.0 Å². The normalized spacial score (nSPS) is 24.3. The summed E-state index contributed by atoms with van der Waals surface area (Å²) in [6, 6.07) is 9.76. The molecule has 1 aromatic heterocycles. The Labute approximate surface area is 140 Å². The van der Waals surface area contributed by atoms with E-state index in [2.05, 4.69) is 10.3 Å². The van der Waals surface area contributed by atoms with Crippen LogP contribution in [-0.4, -0.2) is 33.7 Å². The molecule has 0 aliphatic carbocycles. The topological polar surface area (TPSA) is 59.0 Å². The number of amides is 1. The Morgan fingerprint density at radius 3 is 2.57 bits per heavy atom. The SMILES string of the molecule is C[C@@H]1CC(NC(=O)c2c[nH]c(=S)n2-c2ccccc2)C[C@H](C)O1. The third kappa shape index (κ3) is 3.54. The van der Waals surface area contributed by atoms with Crippen LogP contribution >= 0.6 is 12.2 Å². The molecule has 1 fully saturated rings. The first-order valence-electron chi connectivity index (χ1n) is 7.86. The van der Waals surface area contributed by atoms with Gasteiger partial charge in [0, 0.05) is 17.9 Å². The van der Waals surface area contributed by atoms with Crippen molar-refractivity contribution in [3.63, 3.8) is 0 Å². The molecule has 0 bridgehead atoms. The lowest BCUT2D eigenvalue weighted by molar-refractivity contribution is -0.0408. The van der Waals surface area contributed by atoms with Gasteiger partial charge in [-0.1, -0.05) is 18.2 Å². The van der Waals surface area contributed by atoms with Crippen molar-refractivity contribution in [2.24, 2.45) is 0 Å². The zero-order chi connectivity index (χ0) is 16.4. The van der Waals surface area contributed by atoms with Crippen LogP contribution in [0.4, 0.5) is 0 Å². The van der Waals surface area contributed by atoms with E-state index < -0.39 is 0 Å². The Balaban J connectivity index is 1.82. The van der Waals surface area contributed by atoms with E-state index in [1.807, 2.05) is 44.2 Å². The van der Waals surface area contributed by atoms with Crippen molar-refractivity contribution in [3.8, 4) is 5.69 Å². The van der Waals surface area contributed by atoms with Gasteiger partial charge in [0.15, 0.2) is 4.77 Å². The van der Waals surface area contributed by atoms with Crippen LogP contribution in [-0.2, 0) is 4.74 Å². The molecule has 6 heteroatoms. The number of carbonyl (C=O) groups is 1. The van der Waals surface area contributed by atoms with E-state index in [1.165, 1.54) is 0 Å². The first kappa shape index (κ1) is 16.0. The molecule has 2 heterocycles. The van der Waals surface area contributed by atoms with Crippen LogP contribution in [0.1, 0.15) is 37.2 Å². The van der Waals surface area contributed by atoms with Gasteiger partial charge in [0.2, 0.25) is 0 Å². The molecule has 1 aliphatic heterocycles. The highest BCUT2D eigenvalue weighted by molar-refractivity contribution is 7.71. The molecule has 1 aromatic carbocycles. The zero-order valence-electron chi connectivity index (χ0n) is 13.3. The first-order chi connectivity index (χ1) is 11.0. The van der Waals surface area contributed by atoms with E-state index in [4.69, 9.17) is 17.0 Å². The molecule has 0 spiro atoms. The quantitative estimate of drug-likeness (QED) is 0.849.